The maximum atomic E-state index is 12.0. The lowest BCUT2D eigenvalue weighted by atomic mass is 10.4. The number of nitrogens with one attached hydrogen (secondary N) is 1. The van der Waals surface area contributed by atoms with E-state index in [0.29, 0.717) is 6.07 Å². The highest BCUT2D eigenvalue weighted by molar-refractivity contribution is 14.1. The summed E-state index contributed by atoms with van der Waals surface area (Å²) < 4.78 is 35.9. The van der Waals surface area contributed by atoms with Gasteiger partial charge in [0.15, 0.2) is 0 Å². The van der Waals surface area contributed by atoms with E-state index in [9.17, 15) is 23.3 Å². The van der Waals surface area contributed by atoms with Gasteiger partial charge in [0.25, 0.3) is 0 Å². The van der Waals surface area contributed by atoms with Crippen molar-refractivity contribution >= 4 is 28.4 Å². The van der Waals surface area contributed by atoms with Gasteiger partial charge in [-0.15, -0.1) is 0 Å². The average molecular weight is 306 g/mol. The minimum Gasteiger partial charge on any atom is -0.358 e. The van der Waals surface area contributed by atoms with Crippen LogP contribution in [0.1, 0.15) is 5.69 Å². The number of hydrogen-bond acceptors (Lipinski definition) is 2. The van der Waals surface area contributed by atoms with Crippen molar-refractivity contribution in [2.24, 2.45) is 0 Å². The third-order valence-corrected chi connectivity index (χ3v) is 2.06. The van der Waals surface area contributed by atoms with Crippen LogP contribution >= 0.6 is 22.6 Å². The number of halogens is 4. The van der Waals surface area contributed by atoms with Crippen molar-refractivity contribution in [1.82, 2.24) is 4.98 Å². The van der Waals surface area contributed by atoms with Crippen molar-refractivity contribution in [3.8, 4) is 0 Å². The molecule has 0 amide bonds. The molecule has 4 nitrogen and oxygen atoms in total. The Morgan fingerprint density at radius 1 is 1.54 bits per heavy atom. The van der Waals surface area contributed by atoms with Crippen LogP contribution in [0, 0.1) is 13.7 Å². The molecule has 72 valence electrons. The first-order valence-electron chi connectivity index (χ1n) is 2.92. The van der Waals surface area contributed by atoms with Gasteiger partial charge in [-0.1, -0.05) is 0 Å². The second-order valence-corrected chi connectivity index (χ2v) is 3.30. The minimum absolute atomic E-state index is 0.0603. The highest BCUT2D eigenvalue weighted by Crippen LogP contribution is 2.32. The first-order valence-corrected chi connectivity index (χ1v) is 4.00. The number of nitrogens with zero attached hydrogens (tertiary/aromatic N) is 1. The van der Waals surface area contributed by atoms with Crippen molar-refractivity contribution in [3.63, 3.8) is 0 Å². The highest BCUT2D eigenvalue weighted by atomic mass is 127. The van der Waals surface area contributed by atoms with Crippen LogP contribution in [-0.2, 0) is 6.18 Å². The van der Waals surface area contributed by atoms with E-state index < -0.39 is 22.6 Å². The Morgan fingerprint density at radius 3 is 2.31 bits per heavy atom. The van der Waals surface area contributed by atoms with E-state index in [1.807, 2.05) is 0 Å². The average Bonchev–Trinajstić information content (AvgIpc) is 2.29. The maximum Gasteiger partial charge on any atom is 0.453 e. The van der Waals surface area contributed by atoms with Crippen molar-refractivity contribution < 1.29 is 18.1 Å². The normalized spacial score (nSPS) is 11.7. The van der Waals surface area contributed by atoms with Gasteiger partial charge in [-0.25, -0.2) is 4.98 Å². The van der Waals surface area contributed by atoms with Crippen LogP contribution in [0.3, 0.4) is 0 Å². The fourth-order valence-electron chi connectivity index (χ4n) is 0.704. The van der Waals surface area contributed by atoms with Gasteiger partial charge >= 0.3 is 12.0 Å². The summed E-state index contributed by atoms with van der Waals surface area (Å²) in [5.41, 5.74) is -1.11. The quantitative estimate of drug-likeness (QED) is 0.492. The molecule has 13 heavy (non-hydrogen) atoms. The molecule has 1 aromatic rings. The van der Waals surface area contributed by atoms with Gasteiger partial charge in [0, 0.05) is 6.07 Å². The molecular weight excluding hydrogens is 304 g/mol. The van der Waals surface area contributed by atoms with E-state index in [1.165, 1.54) is 22.6 Å². The summed E-state index contributed by atoms with van der Waals surface area (Å²) in [4.78, 5) is 11.0. The predicted molar refractivity (Wildman–Crippen MR) is 45.2 cm³/mol. The Labute approximate surface area is 83.4 Å². The Bertz CT molecular complexity index is 346. The Hall–Kier alpha value is -0.800. The molecule has 0 aromatic carbocycles. The SMILES string of the molecule is O=[N+]([O-])c1[nH]c(C(F)(F)F)cc1I. The molecule has 1 rings (SSSR count). The van der Waals surface area contributed by atoms with E-state index in [2.05, 4.69) is 0 Å². The number of aromatic nitrogens is 1. The number of rotatable bonds is 1. The zero-order chi connectivity index (χ0) is 10.2. The van der Waals surface area contributed by atoms with Gasteiger partial charge in [-0.2, -0.15) is 13.2 Å². The van der Waals surface area contributed by atoms with Crippen LogP contribution in [0.5, 0.6) is 0 Å². The Balaban J connectivity index is 3.17. The molecule has 1 heterocycles. The molecule has 1 aromatic heterocycles. The van der Waals surface area contributed by atoms with Crippen LogP contribution in [0.15, 0.2) is 6.07 Å². The predicted octanol–water partition coefficient (Wildman–Crippen LogP) is 2.55. The van der Waals surface area contributed by atoms with Crippen molar-refractivity contribution in [1.29, 1.82) is 0 Å². The number of hydrogen-bond donors (Lipinski definition) is 1. The fourth-order valence-corrected chi connectivity index (χ4v) is 1.35. The number of aromatic amines is 1. The summed E-state index contributed by atoms with van der Waals surface area (Å²) >= 11 is 1.46. The summed E-state index contributed by atoms with van der Waals surface area (Å²) in [5, 5.41) is 10.2. The van der Waals surface area contributed by atoms with E-state index in [0.717, 1.165) is 0 Å². The van der Waals surface area contributed by atoms with Crippen LogP contribution < -0.4 is 0 Å². The standard InChI is InChI=1S/C5H2F3IN2O2/c6-5(7,8)3-1-2(9)4(10-3)11(12)13/h1,10H. The molecule has 0 atom stereocenters. The third-order valence-electron chi connectivity index (χ3n) is 1.24. The molecule has 0 bridgehead atoms. The van der Waals surface area contributed by atoms with Gasteiger partial charge in [0.2, 0.25) is 5.69 Å². The first kappa shape index (κ1) is 10.3. The van der Waals surface area contributed by atoms with Crippen LogP contribution in [-0.4, -0.2) is 9.91 Å². The molecule has 0 unspecified atom stereocenters. The number of nitro groups is 1. The highest BCUT2D eigenvalue weighted by Gasteiger charge is 2.37. The molecule has 0 aliphatic heterocycles. The second-order valence-electron chi connectivity index (χ2n) is 2.13. The third kappa shape index (κ3) is 2.11. The minimum atomic E-state index is -4.58. The van der Waals surface area contributed by atoms with Crippen LogP contribution in [0.2, 0.25) is 0 Å². The van der Waals surface area contributed by atoms with E-state index in [-0.39, 0.29) is 3.57 Å². The summed E-state index contributed by atoms with van der Waals surface area (Å²) in [5.74, 6) is -0.632. The molecule has 0 aliphatic carbocycles. The van der Waals surface area contributed by atoms with Crippen LogP contribution in [0.4, 0.5) is 19.0 Å². The molecule has 1 N–H and O–H groups in total. The lowest BCUT2D eigenvalue weighted by Crippen LogP contribution is -2.05. The van der Waals surface area contributed by atoms with E-state index >= 15 is 0 Å². The van der Waals surface area contributed by atoms with Gasteiger partial charge in [0.1, 0.15) is 3.57 Å². The zero-order valence-electron chi connectivity index (χ0n) is 5.85. The summed E-state index contributed by atoms with van der Waals surface area (Å²) in [6, 6.07) is 0.693. The second kappa shape index (κ2) is 3.16. The van der Waals surface area contributed by atoms with Gasteiger partial charge in [0.05, 0.1) is 0 Å². The largest absolute Gasteiger partial charge is 0.453 e. The molecular formula is C5H2F3IN2O2. The maximum absolute atomic E-state index is 12.0. The van der Waals surface area contributed by atoms with E-state index in [1.54, 1.807) is 4.98 Å². The van der Waals surface area contributed by atoms with Gasteiger partial charge in [-0.05, 0) is 27.5 Å². The van der Waals surface area contributed by atoms with E-state index in [4.69, 9.17) is 0 Å². The van der Waals surface area contributed by atoms with Gasteiger partial charge < -0.3 is 10.1 Å². The lowest BCUT2D eigenvalue weighted by molar-refractivity contribution is -0.390. The molecule has 0 saturated carbocycles. The molecule has 0 saturated heterocycles. The van der Waals surface area contributed by atoms with Crippen LogP contribution in [0.25, 0.3) is 0 Å². The first-order chi connectivity index (χ1) is 5.82. The molecule has 0 aliphatic rings. The molecule has 0 spiro atoms. The number of H-pyrrole nitrogens is 1. The lowest BCUT2D eigenvalue weighted by Gasteiger charge is -1.97. The Morgan fingerprint density at radius 2 is 2.08 bits per heavy atom. The summed E-state index contributed by atoms with van der Waals surface area (Å²) in [6.45, 7) is 0. The topological polar surface area (TPSA) is 58.9 Å². The fraction of sp³-hybridized carbons (Fsp3) is 0.200. The summed E-state index contributed by atoms with van der Waals surface area (Å²) in [7, 11) is 0. The number of alkyl halides is 3. The molecule has 8 heteroatoms. The monoisotopic (exact) mass is 306 g/mol. The van der Waals surface area contributed by atoms with Crippen molar-refractivity contribution in [2.45, 2.75) is 6.18 Å². The van der Waals surface area contributed by atoms with Crippen molar-refractivity contribution in [2.75, 3.05) is 0 Å². The summed E-state index contributed by atoms with van der Waals surface area (Å²) in [6.07, 6.45) is -4.58. The molecule has 0 radical (unpaired) electrons. The Kier molecular flexibility index (Phi) is 2.50. The zero-order valence-corrected chi connectivity index (χ0v) is 8.01. The van der Waals surface area contributed by atoms with Gasteiger partial charge in [-0.3, -0.25) is 0 Å². The molecule has 0 fully saturated rings. The smallest absolute Gasteiger partial charge is 0.358 e. The van der Waals surface area contributed by atoms with Crippen molar-refractivity contribution in [3.05, 3.63) is 25.4 Å².